The van der Waals surface area contributed by atoms with Gasteiger partial charge in [0.15, 0.2) is 5.79 Å². The van der Waals surface area contributed by atoms with Crippen LogP contribution in [-0.2, 0) is 16.5 Å². The van der Waals surface area contributed by atoms with Crippen LogP contribution in [0.25, 0.3) is 17.3 Å². The molecule has 6 heteroatoms. The zero-order valence-electron chi connectivity index (χ0n) is 16.4. The van der Waals surface area contributed by atoms with Crippen molar-refractivity contribution in [3.05, 3.63) is 58.5 Å². The first kappa shape index (κ1) is 19.0. The van der Waals surface area contributed by atoms with Gasteiger partial charge in [-0.25, -0.2) is 4.39 Å². The molecule has 0 amide bonds. The average Bonchev–Trinajstić information content (AvgIpc) is 3.39. The smallest absolute Gasteiger partial charge is 0.174 e. The van der Waals surface area contributed by atoms with E-state index in [1.807, 2.05) is 23.9 Å². The number of aromatic nitrogens is 2. The summed E-state index contributed by atoms with van der Waals surface area (Å²) in [7, 11) is 1.89. The van der Waals surface area contributed by atoms with E-state index < -0.39 is 5.79 Å². The molecular weight excluding hydrogens is 391 g/mol. The van der Waals surface area contributed by atoms with E-state index in [9.17, 15) is 4.39 Å². The molecule has 1 aromatic heterocycles. The second-order valence-electron chi connectivity index (χ2n) is 8.15. The Kier molecular flexibility index (Phi) is 4.85. The van der Waals surface area contributed by atoms with Gasteiger partial charge in [0, 0.05) is 23.9 Å². The molecule has 152 valence electrons. The quantitative estimate of drug-likeness (QED) is 0.684. The van der Waals surface area contributed by atoms with Crippen LogP contribution in [0, 0.1) is 17.7 Å². The summed E-state index contributed by atoms with van der Waals surface area (Å²) in [4.78, 5) is 0. The van der Waals surface area contributed by atoms with Crippen molar-refractivity contribution >= 4 is 17.7 Å². The highest BCUT2D eigenvalue weighted by atomic mass is 35.5. The van der Waals surface area contributed by atoms with Crippen molar-refractivity contribution in [2.45, 2.75) is 31.5 Å². The lowest BCUT2D eigenvalue weighted by atomic mass is 9.93. The number of allylic oxidation sites excluding steroid dienone is 3. The third-order valence-electron chi connectivity index (χ3n) is 6.47. The molecule has 1 spiro atoms. The number of nitrogens with zero attached hydrogens (tertiary/aromatic N) is 2. The van der Waals surface area contributed by atoms with Gasteiger partial charge in [0.25, 0.3) is 0 Å². The third-order valence-corrected chi connectivity index (χ3v) is 6.87. The van der Waals surface area contributed by atoms with Crippen LogP contribution in [0.2, 0.25) is 0 Å². The van der Waals surface area contributed by atoms with Crippen LogP contribution < -0.4 is 0 Å². The number of benzene rings is 1. The van der Waals surface area contributed by atoms with Crippen LogP contribution in [0.5, 0.6) is 0 Å². The first-order valence-corrected chi connectivity index (χ1v) is 10.6. The molecule has 2 heterocycles. The monoisotopic (exact) mass is 414 g/mol. The van der Waals surface area contributed by atoms with Gasteiger partial charge in [-0.1, -0.05) is 17.7 Å². The normalized spacial score (nSPS) is 26.0. The van der Waals surface area contributed by atoms with E-state index in [0.717, 1.165) is 53.2 Å². The van der Waals surface area contributed by atoms with E-state index in [1.54, 1.807) is 12.1 Å². The number of ether oxygens (including phenoxy) is 2. The van der Waals surface area contributed by atoms with Gasteiger partial charge in [-0.2, -0.15) is 5.10 Å². The zero-order chi connectivity index (χ0) is 20.0. The van der Waals surface area contributed by atoms with Gasteiger partial charge in [0.2, 0.25) is 0 Å². The standard InChI is InChI=1S/C23H24ClFN2O2/c1-27-22(15-2-7-19(25)8-3-15)14-20(26-27)9-4-16-12-17-5-6-18(13-21(16)24)23(17)28-10-11-29-23/h2-4,7-9,14,17-18H,5-6,10-13H2,1H3/b9-4+/t17?,18-/m0/s1. The van der Waals surface area contributed by atoms with Gasteiger partial charge in [-0.3, -0.25) is 4.68 Å². The van der Waals surface area contributed by atoms with Gasteiger partial charge < -0.3 is 9.47 Å². The fraction of sp³-hybridized carbons (Fsp3) is 0.435. The fourth-order valence-electron chi connectivity index (χ4n) is 5.07. The van der Waals surface area contributed by atoms with Crippen LogP contribution in [0.3, 0.4) is 0 Å². The molecule has 29 heavy (non-hydrogen) atoms. The van der Waals surface area contributed by atoms with Crippen LogP contribution in [-0.4, -0.2) is 28.8 Å². The number of hydrogen-bond donors (Lipinski definition) is 0. The minimum Gasteiger partial charge on any atom is -0.347 e. The number of rotatable bonds is 3. The van der Waals surface area contributed by atoms with E-state index in [4.69, 9.17) is 21.1 Å². The summed E-state index contributed by atoms with van der Waals surface area (Å²) in [6.45, 7) is 1.35. The highest BCUT2D eigenvalue weighted by molar-refractivity contribution is 6.30. The first-order valence-electron chi connectivity index (χ1n) is 10.2. The molecule has 1 saturated carbocycles. The molecule has 2 atom stereocenters. The molecule has 0 N–H and O–H groups in total. The molecule has 1 aromatic carbocycles. The molecular formula is C23H24ClFN2O2. The summed E-state index contributed by atoms with van der Waals surface area (Å²) in [6.07, 6.45) is 7.99. The number of aryl methyl sites for hydroxylation is 1. The molecule has 1 aliphatic heterocycles. The largest absolute Gasteiger partial charge is 0.347 e. The Morgan fingerprint density at radius 1 is 1.10 bits per heavy atom. The Balaban J connectivity index is 1.38. The first-order chi connectivity index (χ1) is 14.0. The lowest BCUT2D eigenvalue weighted by molar-refractivity contribution is -0.207. The number of hydrogen-bond acceptors (Lipinski definition) is 3. The molecule has 0 radical (unpaired) electrons. The van der Waals surface area contributed by atoms with Gasteiger partial charge in [-0.05, 0) is 73.2 Å². The van der Waals surface area contributed by atoms with Crippen molar-refractivity contribution in [1.29, 1.82) is 0 Å². The Labute approximate surface area is 175 Å². The average molecular weight is 415 g/mol. The highest BCUT2D eigenvalue weighted by Crippen LogP contribution is 2.54. The van der Waals surface area contributed by atoms with E-state index in [-0.39, 0.29) is 5.82 Å². The lowest BCUT2D eigenvalue weighted by Gasteiger charge is -2.33. The summed E-state index contributed by atoms with van der Waals surface area (Å²) in [5.74, 6) is 0.0160. The van der Waals surface area contributed by atoms with Crippen LogP contribution in [0.1, 0.15) is 31.4 Å². The molecule has 2 fully saturated rings. The lowest BCUT2D eigenvalue weighted by Crippen LogP contribution is -2.40. The Morgan fingerprint density at radius 2 is 1.79 bits per heavy atom. The minimum atomic E-state index is -0.434. The molecule has 4 nitrogen and oxygen atoms in total. The van der Waals surface area contributed by atoms with E-state index in [2.05, 4.69) is 11.2 Å². The summed E-state index contributed by atoms with van der Waals surface area (Å²) >= 11 is 6.71. The van der Waals surface area contributed by atoms with Crippen LogP contribution >= 0.6 is 11.6 Å². The summed E-state index contributed by atoms with van der Waals surface area (Å²) in [6, 6.07) is 8.47. The molecule has 2 aliphatic carbocycles. The Bertz CT molecular complexity index is 973. The van der Waals surface area contributed by atoms with Crippen molar-refractivity contribution in [2.24, 2.45) is 18.9 Å². The molecule has 1 saturated heterocycles. The van der Waals surface area contributed by atoms with Gasteiger partial charge >= 0.3 is 0 Å². The molecule has 2 bridgehead atoms. The Morgan fingerprint density at radius 3 is 2.52 bits per heavy atom. The SMILES string of the molecule is Cn1nc(/C=C/C2=C(Cl)C[C@@H]3CCC(C2)C32OCCO2)cc1-c1ccc(F)cc1. The van der Waals surface area contributed by atoms with Crippen molar-refractivity contribution in [2.75, 3.05) is 13.2 Å². The molecule has 5 rings (SSSR count). The summed E-state index contributed by atoms with van der Waals surface area (Å²) < 4.78 is 27.2. The predicted octanol–water partition coefficient (Wildman–Crippen LogP) is 5.30. The summed E-state index contributed by atoms with van der Waals surface area (Å²) in [5.41, 5.74) is 3.87. The van der Waals surface area contributed by atoms with Crippen molar-refractivity contribution in [3.8, 4) is 11.3 Å². The maximum atomic E-state index is 13.2. The van der Waals surface area contributed by atoms with Gasteiger partial charge in [0.1, 0.15) is 5.82 Å². The summed E-state index contributed by atoms with van der Waals surface area (Å²) in [5, 5.41) is 5.49. The fourth-order valence-corrected chi connectivity index (χ4v) is 5.40. The van der Waals surface area contributed by atoms with Crippen molar-refractivity contribution in [3.63, 3.8) is 0 Å². The molecule has 3 aliphatic rings. The highest BCUT2D eigenvalue weighted by Gasteiger charge is 2.55. The van der Waals surface area contributed by atoms with E-state index >= 15 is 0 Å². The topological polar surface area (TPSA) is 36.3 Å². The number of halogens is 2. The minimum absolute atomic E-state index is 0.242. The van der Waals surface area contributed by atoms with E-state index in [0.29, 0.717) is 25.0 Å². The van der Waals surface area contributed by atoms with Crippen molar-refractivity contribution < 1.29 is 13.9 Å². The molecule has 2 aromatic rings. The third kappa shape index (κ3) is 3.35. The van der Waals surface area contributed by atoms with Crippen LogP contribution in [0.4, 0.5) is 4.39 Å². The maximum Gasteiger partial charge on any atom is 0.174 e. The van der Waals surface area contributed by atoms with E-state index in [1.165, 1.54) is 12.1 Å². The Hall–Kier alpha value is -1.95. The van der Waals surface area contributed by atoms with Gasteiger partial charge in [-0.15, -0.1) is 0 Å². The maximum absolute atomic E-state index is 13.2. The molecule has 1 unspecified atom stereocenters. The second-order valence-corrected chi connectivity index (χ2v) is 8.60. The van der Waals surface area contributed by atoms with Crippen LogP contribution in [0.15, 0.2) is 47.0 Å². The predicted molar refractivity (Wildman–Crippen MR) is 111 cm³/mol. The zero-order valence-corrected chi connectivity index (χ0v) is 17.2. The second kappa shape index (κ2) is 7.38. The van der Waals surface area contributed by atoms with Gasteiger partial charge in [0.05, 0.1) is 24.6 Å². The van der Waals surface area contributed by atoms with Crippen molar-refractivity contribution in [1.82, 2.24) is 9.78 Å².